The molecule has 0 saturated carbocycles. The smallest absolute Gasteiger partial charge is 0.0924 e. The normalized spacial score (nSPS) is 13.1. The molecule has 0 bridgehead atoms. The molecule has 0 fully saturated rings. The molecule has 0 amide bonds. The minimum absolute atomic E-state index is 0.437. The lowest BCUT2D eigenvalue weighted by atomic mass is 10.2. The molecule has 1 aromatic carbocycles. The van der Waals surface area contributed by atoms with Crippen LogP contribution in [0.15, 0.2) is 24.3 Å². The first-order valence-electron chi connectivity index (χ1n) is 5.66. The summed E-state index contributed by atoms with van der Waals surface area (Å²) in [5.74, 6) is 0. The number of benzene rings is 1. The molecule has 0 saturated heterocycles. The SMILES string of the molecule is CC(CCN)NCc1[nH]nc2ccccc12. The molecule has 2 rings (SSSR count). The topological polar surface area (TPSA) is 66.7 Å². The molecule has 0 aliphatic heterocycles. The van der Waals surface area contributed by atoms with Crippen LogP contribution in [0.3, 0.4) is 0 Å². The van der Waals surface area contributed by atoms with Gasteiger partial charge in [0.15, 0.2) is 0 Å². The number of hydrogen-bond donors (Lipinski definition) is 3. The molecule has 0 spiro atoms. The lowest BCUT2D eigenvalue weighted by Gasteiger charge is -2.11. The predicted octanol–water partition coefficient (Wildman–Crippen LogP) is 1.39. The quantitative estimate of drug-likeness (QED) is 0.710. The molecular weight excluding hydrogens is 200 g/mol. The number of para-hydroxylation sites is 1. The zero-order chi connectivity index (χ0) is 11.4. The van der Waals surface area contributed by atoms with E-state index in [4.69, 9.17) is 5.73 Å². The van der Waals surface area contributed by atoms with Gasteiger partial charge in [0, 0.05) is 18.0 Å². The summed E-state index contributed by atoms with van der Waals surface area (Å²) in [7, 11) is 0. The van der Waals surface area contributed by atoms with Crippen LogP contribution in [-0.2, 0) is 6.54 Å². The van der Waals surface area contributed by atoms with E-state index in [0.29, 0.717) is 6.04 Å². The average molecular weight is 218 g/mol. The maximum atomic E-state index is 5.51. The van der Waals surface area contributed by atoms with Crippen LogP contribution >= 0.6 is 0 Å². The van der Waals surface area contributed by atoms with Crippen LogP contribution in [0.2, 0.25) is 0 Å². The fourth-order valence-corrected chi connectivity index (χ4v) is 1.78. The fraction of sp³-hybridized carbons (Fsp3) is 0.417. The van der Waals surface area contributed by atoms with E-state index in [9.17, 15) is 0 Å². The van der Waals surface area contributed by atoms with Crippen LogP contribution in [0.1, 0.15) is 19.0 Å². The van der Waals surface area contributed by atoms with Crippen molar-refractivity contribution in [3.8, 4) is 0 Å². The van der Waals surface area contributed by atoms with Gasteiger partial charge in [0.1, 0.15) is 0 Å². The van der Waals surface area contributed by atoms with Gasteiger partial charge < -0.3 is 11.1 Å². The Morgan fingerprint density at radius 2 is 2.25 bits per heavy atom. The molecular formula is C12H18N4. The fourth-order valence-electron chi connectivity index (χ4n) is 1.78. The van der Waals surface area contributed by atoms with E-state index in [-0.39, 0.29) is 0 Å². The summed E-state index contributed by atoms with van der Waals surface area (Å²) >= 11 is 0. The molecule has 4 N–H and O–H groups in total. The lowest BCUT2D eigenvalue weighted by molar-refractivity contribution is 0.516. The van der Waals surface area contributed by atoms with Crippen LogP contribution in [0.4, 0.5) is 0 Å². The van der Waals surface area contributed by atoms with Crippen LogP contribution in [-0.4, -0.2) is 22.8 Å². The van der Waals surface area contributed by atoms with E-state index in [2.05, 4.69) is 28.5 Å². The van der Waals surface area contributed by atoms with E-state index in [1.54, 1.807) is 0 Å². The molecule has 1 heterocycles. The van der Waals surface area contributed by atoms with E-state index in [1.165, 1.54) is 5.39 Å². The van der Waals surface area contributed by atoms with Crippen LogP contribution in [0.25, 0.3) is 10.9 Å². The molecule has 1 unspecified atom stereocenters. The number of nitrogens with one attached hydrogen (secondary N) is 2. The highest BCUT2D eigenvalue weighted by Crippen LogP contribution is 2.14. The summed E-state index contributed by atoms with van der Waals surface area (Å²) in [5, 5.41) is 11.9. The molecule has 4 heteroatoms. The number of nitrogens with two attached hydrogens (primary N) is 1. The number of fused-ring (bicyclic) bond motifs is 1. The minimum atomic E-state index is 0.437. The van der Waals surface area contributed by atoms with Crippen molar-refractivity contribution in [1.29, 1.82) is 0 Å². The van der Waals surface area contributed by atoms with E-state index >= 15 is 0 Å². The van der Waals surface area contributed by atoms with Crippen molar-refractivity contribution in [2.75, 3.05) is 6.54 Å². The van der Waals surface area contributed by atoms with E-state index in [0.717, 1.165) is 30.7 Å². The summed E-state index contributed by atoms with van der Waals surface area (Å²) in [6.07, 6.45) is 0.992. The third kappa shape index (κ3) is 2.40. The van der Waals surface area contributed by atoms with Crippen LogP contribution in [0.5, 0.6) is 0 Å². The number of H-pyrrole nitrogens is 1. The summed E-state index contributed by atoms with van der Waals surface area (Å²) in [6, 6.07) is 8.57. The van der Waals surface area contributed by atoms with Gasteiger partial charge in [0.25, 0.3) is 0 Å². The highest BCUT2D eigenvalue weighted by Gasteiger charge is 2.05. The number of hydrogen-bond acceptors (Lipinski definition) is 3. The van der Waals surface area contributed by atoms with Gasteiger partial charge in [-0.05, 0) is 26.0 Å². The largest absolute Gasteiger partial charge is 0.330 e. The lowest BCUT2D eigenvalue weighted by Crippen LogP contribution is -2.28. The highest BCUT2D eigenvalue weighted by molar-refractivity contribution is 5.81. The summed E-state index contributed by atoms with van der Waals surface area (Å²) < 4.78 is 0. The molecule has 4 nitrogen and oxygen atoms in total. The maximum absolute atomic E-state index is 5.51. The van der Waals surface area contributed by atoms with Crippen molar-refractivity contribution in [3.05, 3.63) is 30.0 Å². The number of aromatic amines is 1. The third-order valence-electron chi connectivity index (χ3n) is 2.77. The maximum Gasteiger partial charge on any atom is 0.0924 e. The second kappa shape index (κ2) is 5.09. The van der Waals surface area contributed by atoms with Gasteiger partial charge in [-0.15, -0.1) is 0 Å². The standard InChI is InChI=1S/C12H18N4/c1-9(6-7-13)14-8-12-10-4-2-3-5-11(10)15-16-12/h2-5,9,14H,6-8,13H2,1H3,(H,15,16). The summed E-state index contributed by atoms with van der Waals surface area (Å²) in [6.45, 7) is 3.67. The Bertz CT molecular complexity index is 449. The summed E-state index contributed by atoms with van der Waals surface area (Å²) in [4.78, 5) is 0. The Balaban J connectivity index is 2.04. The van der Waals surface area contributed by atoms with Crippen molar-refractivity contribution in [3.63, 3.8) is 0 Å². The van der Waals surface area contributed by atoms with Gasteiger partial charge >= 0.3 is 0 Å². The van der Waals surface area contributed by atoms with Crippen molar-refractivity contribution >= 4 is 10.9 Å². The monoisotopic (exact) mass is 218 g/mol. The second-order valence-electron chi connectivity index (χ2n) is 4.08. The van der Waals surface area contributed by atoms with Gasteiger partial charge in [-0.25, -0.2) is 0 Å². The van der Waals surface area contributed by atoms with Gasteiger partial charge in [-0.3, -0.25) is 5.10 Å². The van der Waals surface area contributed by atoms with Crippen molar-refractivity contribution in [2.24, 2.45) is 5.73 Å². The molecule has 1 aromatic heterocycles. The molecule has 16 heavy (non-hydrogen) atoms. The molecule has 1 atom stereocenters. The summed E-state index contributed by atoms with van der Waals surface area (Å²) in [5.41, 5.74) is 7.67. The molecule has 0 aliphatic carbocycles. The van der Waals surface area contributed by atoms with E-state index < -0.39 is 0 Å². The van der Waals surface area contributed by atoms with Crippen molar-refractivity contribution in [1.82, 2.24) is 15.5 Å². The van der Waals surface area contributed by atoms with Crippen LogP contribution in [0, 0.1) is 0 Å². The Hall–Kier alpha value is -1.39. The highest BCUT2D eigenvalue weighted by atomic mass is 15.1. The Morgan fingerprint density at radius 1 is 1.44 bits per heavy atom. The van der Waals surface area contributed by atoms with Gasteiger partial charge in [0.05, 0.1) is 11.2 Å². The number of rotatable bonds is 5. The molecule has 2 aromatic rings. The Morgan fingerprint density at radius 3 is 3.06 bits per heavy atom. The average Bonchev–Trinajstić information content (AvgIpc) is 2.70. The van der Waals surface area contributed by atoms with Crippen LogP contribution < -0.4 is 11.1 Å². The van der Waals surface area contributed by atoms with Gasteiger partial charge in [-0.2, -0.15) is 5.10 Å². The molecule has 86 valence electrons. The number of aromatic nitrogens is 2. The zero-order valence-electron chi connectivity index (χ0n) is 9.53. The Labute approximate surface area is 95.2 Å². The minimum Gasteiger partial charge on any atom is -0.330 e. The first kappa shape index (κ1) is 11.1. The van der Waals surface area contributed by atoms with Gasteiger partial charge in [0.2, 0.25) is 0 Å². The van der Waals surface area contributed by atoms with Gasteiger partial charge in [-0.1, -0.05) is 18.2 Å². The van der Waals surface area contributed by atoms with E-state index in [1.807, 2.05) is 18.2 Å². The molecule has 0 aliphatic rings. The van der Waals surface area contributed by atoms with Crippen molar-refractivity contribution < 1.29 is 0 Å². The number of nitrogens with zero attached hydrogens (tertiary/aromatic N) is 1. The Kier molecular flexibility index (Phi) is 3.54. The first-order chi connectivity index (χ1) is 7.81. The second-order valence-corrected chi connectivity index (χ2v) is 4.08. The zero-order valence-corrected chi connectivity index (χ0v) is 9.53. The van der Waals surface area contributed by atoms with Crippen molar-refractivity contribution in [2.45, 2.75) is 25.9 Å². The third-order valence-corrected chi connectivity index (χ3v) is 2.77. The predicted molar refractivity (Wildman–Crippen MR) is 66.1 cm³/mol. The first-order valence-corrected chi connectivity index (χ1v) is 5.66. The molecule has 0 radical (unpaired) electrons.